The van der Waals surface area contributed by atoms with Gasteiger partial charge in [0, 0.05) is 17.7 Å². The predicted molar refractivity (Wildman–Crippen MR) is 189 cm³/mol. The Morgan fingerprint density at radius 3 is 1.92 bits per heavy atom. The van der Waals surface area contributed by atoms with Gasteiger partial charge in [-0.15, -0.1) is 22.7 Å². The number of aromatic carboxylic acids is 2. The number of benzene rings is 2. The molecule has 2 aromatic carbocycles. The highest BCUT2D eigenvalue weighted by Gasteiger charge is 2.27. The van der Waals surface area contributed by atoms with E-state index in [0.717, 1.165) is 10.4 Å². The van der Waals surface area contributed by atoms with Crippen LogP contribution in [0.15, 0.2) is 77.5 Å². The molecule has 0 aliphatic heterocycles. The van der Waals surface area contributed by atoms with Crippen molar-refractivity contribution < 1.29 is 54.3 Å². The number of amides is 2. The van der Waals surface area contributed by atoms with E-state index in [1.54, 1.807) is 42.6 Å². The first kappa shape index (κ1) is 39.8. The van der Waals surface area contributed by atoms with E-state index in [4.69, 9.17) is 10.2 Å². The van der Waals surface area contributed by atoms with Crippen LogP contribution in [0.3, 0.4) is 0 Å². The Balaban J connectivity index is 0.000000271. The summed E-state index contributed by atoms with van der Waals surface area (Å²) in [5.41, 5.74) is 2.19. The lowest BCUT2D eigenvalue weighted by Crippen LogP contribution is -2.48. The Bertz CT molecular complexity index is 1750. The zero-order chi connectivity index (χ0) is 36.8. The summed E-state index contributed by atoms with van der Waals surface area (Å²) in [5.74, 6) is -5.03. The maximum Gasteiger partial charge on any atom is 0.475 e. The third-order valence-electron chi connectivity index (χ3n) is 7.37. The molecule has 13 nitrogen and oxygen atoms in total. The van der Waals surface area contributed by atoms with Gasteiger partial charge in [-0.25, -0.2) is 9.59 Å². The maximum absolute atomic E-state index is 12.1. The summed E-state index contributed by atoms with van der Waals surface area (Å²) < 4.78 is 0. The average Bonchev–Trinajstić information content (AvgIpc) is 3.79. The summed E-state index contributed by atoms with van der Waals surface area (Å²) >= 11 is 2.74. The smallest absolute Gasteiger partial charge is 0.475 e. The molecule has 2 heterocycles. The number of carboxylic acids is 2. The number of aryl methyl sites for hydroxylation is 1. The van der Waals surface area contributed by atoms with Gasteiger partial charge < -0.3 is 40.9 Å². The van der Waals surface area contributed by atoms with Crippen molar-refractivity contribution in [3.63, 3.8) is 0 Å². The molecule has 0 saturated carbocycles. The standard InChI is InChI=1S/C17H18BNO6S.C16H18BNO5S/c20-13(14-5-2-8-26-14)6-7-16(21)19-15(18(24)25)10-11-3-1-4-12(9-11)17(22)23;1-10-4-5-11(16(20)21)7-12(10)8-14(17(22)23)18-15(19)9-13-3-2-6-24-13/h1-5,8-9,15,24-25H,6-7,10H2,(H,19,21)(H,22,23);2-7,14,22-23H,8-9H2,1H3,(H,18,19)(H,20,21). The van der Waals surface area contributed by atoms with Gasteiger partial charge in [-0.1, -0.05) is 30.3 Å². The Kier molecular flexibility index (Phi) is 15.5. The number of nitrogens with one attached hydrogen (secondary N) is 2. The van der Waals surface area contributed by atoms with Crippen molar-refractivity contribution in [3.05, 3.63) is 115 Å². The second kappa shape index (κ2) is 19.5. The lowest BCUT2D eigenvalue weighted by Gasteiger charge is -2.19. The normalized spacial score (nSPS) is 11.7. The van der Waals surface area contributed by atoms with Crippen LogP contribution >= 0.6 is 22.7 Å². The molecule has 2 aromatic heterocycles. The molecule has 0 radical (unpaired) electrons. The monoisotopic (exact) mass is 722 g/mol. The van der Waals surface area contributed by atoms with Crippen LogP contribution in [-0.2, 0) is 28.9 Å². The molecule has 0 aliphatic carbocycles. The maximum atomic E-state index is 12.1. The number of ketones is 1. The van der Waals surface area contributed by atoms with Crippen LogP contribution in [0.5, 0.6) is 0 Å². The Morgan fingerprint density at radius 2 is 1.32 bits per heavy atom. The van der Waals surface area contributed by atoms with E-state index in [-0.39, 0.29) is 54.9 Å². The van der Waals surface area contributed by atoms with Crippen LogP contribution in [0.4, 0.5) is 0 Å². The molecular weight excluding hydrogens is 686 g/mol. The number of Topliss-reactive ketones (excluding diaryl/α,β-unsaturated/α-hetero) is 1. The van der Waals surface area contributed by atoms with Crippen LogP contribution in [0.25, 0.3) is 0 Å². The highest BCUT2D eigenvalue weighted by Crippen LogP contribution is 2.16. The Morgan fingerprint density at radius 1 is 0.700 bits per heavy atom. The molecule has 0 aliphatic rings. The van der Waals surface area contributed by atoms with E-state index in [9.17, 15) is 44.1 Å². The van der Waals surface area contributed by atoms with Crippen molar-refractivity contribution in [2.75, 3.05) is 0 Å². The van der Waals surface area contributed by atoms with Crippen LogP contribution in [0.1, 0.15) is 64.8 Å². The van der Waals surface area contributed by atoms with E-state index in [0.29, 0.717) is 16.0 Å². The molecular formula is C33H36B2N2O11S2. The minimum absolute atomic E-state index is 0.0229. The number of thiophene rings is 2. The number of hydrogen-bond acceptors (Lipinski definition) is 11. The van der Waals surface area contributed by atoms with Crippen molar-refractivity contribution in [1.82, 2.24) is 10.6 Å². The fraction of sp³-hybridized carbons (Fsp3) is 0.242. The molecule has 2 atom stereocenters. The Labute approximate surface area is 296 Å². The second-order valence-corrected chi connectivity index (χ2v) is 13.2. The number of carbonyl (C=O) groups is 5. The van der Waals surface area contributed by atoms with Crippen LogP contribution < -0.4 is 10.6 Å². The summed E-state index contributed by atoms with van der Waals surface area (Å²) in [7, 11) is -3.56. The number of carbonyl (C=O) groups excluding carboxylic acids is 3. The fourth-order valence-electron chi connectivity index (χ4n) is 4.70. The predicted octanol–water partition coefficient (Wildman–Crippen LogP) is 2.19. The second-order valence-electron chi connectivity index (χ2n) is 11.2. The first-order valence-corrected chi connectivity index (χ1v) is 17.0. The highest BCUT2D eigenvalue weighted by atomic mass is 32.1. The molecule has 0 saturated heterocycles. The summed E-state index contributed by atoms with van der Waals surface area (Å²) in [6, 6.07) is 17.7. The number of rotatable bonds is 16. The summed E-state index contributed by atoms with van der Waals surface area (Å²) in [6.07, 6.45) is 0.281. The van der Waals surface area contributed by atoms with Crippen LogP contribution in [-0.4, -0.2) is 86.0 Å². The van der Waals surface area contributed by atoms with E-state index in [1.165, 1.54) is 46.9 Å². The third kappa shape index (κ3) is 13.0. The molecule has 50 heavy (non-hydrogen) atoms. The topological polar surface area (TPSA) is 231 Å². The van der Waals surface area contributed by atoms with Crippen molar-refractivity contribution >= 4 is 66.4 Å². The van der Waals surface area contributed by atoms with Crippen molar-refractivity contribution in [1.29, 1.82) is 0 Å². The molecule has 17 heteroatoms. The van der Waals surface area contributed by atoms with Gasteiger partial charge in [-0.2, -0.15) is 0 Å². The minimum atomic E-state index is -1.82. The molecule has 262 valence electrons. The van der Waals surface area contributed by atoms with Gasteiger partial charge in [0.05, 0.1) is 34.3 Å². The van der Waals surface area contributed by atoms with Gasteiger partial charge in [0.25, 0.3) is 0 Å². The summed E-state index contributed by atoms with van der Waals surface area (Å²) in [6.45, 7) is 1.80. The summed E-state index contributed by atoms with van der Waals surface area (Å²) in [5, 5.41) is 64.8. The SMILES string of the molecule is Cc1ccc(C(=O)O)cc1CC(NC(=O)Cc1cccs1)B(O)O.O=C(CCC(=O)c1cccs1)NC(Cc1cccc(C(=O)O)c1)B(O)O. The number of hydrogen-bond donors (Lipinski definition) is 8. The fourth-order valence-corrected chi connectivity index (χ4v) is 6.10. The lowest BCUT2D eigenvalue weighted by molar-refractivity contribution is -0.122. The zero-order valence-electron chi connectivity index (χ0n) is 26.9. The Hall–Kier alpha value is -4.64. The van der Waals surface area contributed by atoms with E-state index >= 15 is 0 Å². The molecule has 4 rings (SSSR count). The molecule has 0 bridgehead atoms. The van der Waals surface area contributed by atoms with Gasteiger partial charge in [0.2, 0.25) is 11.8 Å². The van der Waals surface area contributed by atoms with E-state index in [2.05, 4.69) is 10.6 Å². The van der Waals surface area contributed by atoms with Gasteiger partial charge in [-0.3, -0.25) is 14.4 Å². The largest absolute Gasteiger partial charge is 0.478 e. The molecule has 0 fully saturated rings. The van der Waals surface area contributed by atoms with Crippen LogP contribution in [0.2, 0.25) is 0 Å². The van der Waals surface area contributed by atoms with Crippen molar-refractivity contribution in [3.8, 4) is 0 Å². The average molecular weight is 722 g/mol. The van der Waals surface area contributed by atoms with Gasteiger partial charge in [0.15, 0.2) is 5.78 Å². The molecule has 2 unspecified atom stereocenters. The van der Waals surface area contributed by atoms with Gasteiger partial charge in [-0.05, 0) is 83.6 Å². The minimum Gasteiger partial charge on any atom is -0.478 e. The highest BCUT2D eigenvalue weighted by molar-refractivity contribution is 7.12. The third-order valence-corrected chi connectivity index (χ3v) is 9.16. The van der Waals surface area contributed by atoms with Gasteiger partial charge in [0.1, 0.15) is 0 Å². The zero-order valence-corrected chi connectivity index (χ0v) is 28.5. The summed E-state index contributed by atoms with van der Waals surface area (Å²) in [4.78, 5) is 59.5. The molecule has 4 aromatic rings. The van der Waals surface area contributed by atoms with Crippen LogP contribution in [0, 0.1) is 6.92 Å². The lowest BCUT2D eigenvalue weighted by atomic mass is 9.75. The first-order valence-electron chi connectivity index (χ1n) is 15.3. The van der Waals surface area contributed by atoms with Crippen molar-refractivity contribution in [2.45, 2.75) is 50.9 Å². The molecule has 8 N–H and O–H groups in total. The quantitative estimate of drug-likeness (QED) is 0.0617. The van der Waals surface area contributed by atoms with Crippen molar-refractivity contribution in [2.24, 2.45) is 0 Å². The molecule has 2 amide bonds. The number of carboxylic acid groups (broad SMARTS) is 2. The van der Waals surface area contributed by atoms with E-state index < -0.39 is 44.0 Å². The first-order chi connectivity index (χ1) is 23.7. The molecule has 0 spiro atoms. The van der Waals surface area contributed by atoms with E-state index in [1.807, 2.05) is 17.5 Å². The van der Waals surface area contributed by atoms with Gasteiger partial charge >= 0.3 is 26.2 Å².